The molecular weight excluding hydrogens is 466 g/mol. The Kier molecular flexibility index (Phi) is 7.47. The molecule has 36 heavy (non-hydrogen) atoms. The number of fused-ring (bicyclic) bond motifs is 1. The Morgan fingerprint density at radius 1 is 1.11 bits per heavy atom. The molecule has 1 aromatic heterocycles. The van der Waals surface area contributed by atoms with Crippen molar-refractivity contribution in [2.24, 2.45) is 0 Å². The molecule has 2 N–H and O–H groups in total. The van der Waals surface area contributed by atoms with Gasteiger partial charge in [0.05, 0.1) is 25.6 Å². The average Bonchev–Trinajstić information content (AvgIpc) is 3.32. The number of aromatic amines is 1. The van der Waals surface area contributed by atoms with Crippen LogP contribution in [0.15, 0.2) is 42.5 Å². The monoisotopic (exact) mass is 493 g/mol. The van der Waals surface area contributed by atoms with Crippen LogP contribution in [-0.4, -0.2) is 59.1 Å². The highest BCUT2D eigenvalue weighted by atomic mass is 16.6. The summed E-state index contributed by atoms with van der Waals surface area (Å²) in [5.41, 5.74) is 3.50. The molecule has 2 aromatic carbocycles. The van der Waals surface area contributed by atoms with Crippen LogP contribution in [0.5, 0.6) is 11.5 Å². The molecule has 11 nitrogen and oxygen atoms in total. The van der Waals surface area contributed by atoms with Crippen molar-refractivity contribution < 1.29 is 24.0 Å². The minimum Gasteiger partial charge on any atom is -0.493 e. The Bertz CT molecular complexity index is 1270. The smallest absolute Gasteiger partial charge is 0.272 e. The van der Waals surface area contributed by atoms with Gasteiger partial charge in [0.15, 0.2) is 17.2 Å². The number of nitro benzene ring substituents is 1. The number of aromatic nitrogens is 2. The zero-order valence-electron chi connectivity index (χ0n) is 20.1. The summed E-state index contributed by atoms with van der Waals surface area (Å²) in [6, 6.07) is 11.5. The van der Waals surface area contributed by atoms with E-state index in [0.717, 1.165) is 11.3 Å². The number of benzene rings is 2. The highest BCUT2D eigenvalue weighted by Crippen LogP contribution is 2.27. The number of nitro groups is 1. The third-order valence-corrected chi connectivity index (χ3v) is 6.15. The summed E-state index contributed by atoms with van der Waals surface area (Å²) in [4.78, 5) is 37.7. The van der Waals surface area contributed by atoms with Gasteiger partial charge >= 0.3 is 0 Å². The second-order valence-corrected chi connectivity index (χ2v) is 8.39. The maximum Gasteiger partial charge on any atom is 0.272 e. The van der Waals surface area contributed by atoms with Crippen molar-refractivity contribution in [3.05, 3.63) is 80.7 Å². The summed E-state index contributed by atoms with van der Waals surface area (Å²) in [5, 5.41) is 20.9. The number of H-pyrrole nitrogens is 1. The van der Waals surface area contributed by atoms with E-state index in [0.29, 0.717) is 48.6 Å². The van der Waals surface area contributed by atoms with Crippen molar-refractivity contribution in [1.82, 2.24) is 20.4 Å². The molecule has 0 fully saturated rings. The number of carbonyl (C=O) groups excluding carboxylic acids is 2. The first kappa shape index (κ1) is 24.7. The number of hydrogen-bond donors (Lipinski definition) is 2. The van der Waals surface area contributed by atoms with E-state index < -0.39 is 4.92 Å². The molecular formula is C25H27N5O6. The van der Waals surface area contributed by atoms with Crippen LogP contribution in [0, 0.1) is 10.1 Å². The van der Waals surface area contributed by atoms with E-state index in [-0.39, 0.29) is 36.2 Å². The highest BCUT2D eigenvalue weighted by molar-refractivity contribution is 5.94. The SMILES string of the molecule is COc1ccc(CCNC(=O)c2n[nH]c3c2CN(C(=O)Cc2ccc([N+](=O)[O-])cc2)CC3)cc1OC. The predicted octanol–water partition coefficient (Wildman–Crippen LogP) is 2.44. The van der Waals surface area contributed by atoms with Crippen LogP contribution in [0.4, 0.5) is 5.69 Å². The van der Waals surface area contributed by atoms with Crippen molar-refractivity contribution in [3.8, 4) is 11.5 Å². The van der Waals surface area contributed by atoms with Gasteiger partial charge in [-0.05, 0) is 29.7 Å². The third-order valence-electron chi connectivity index (χ3n) is 6.15. The first-order chi connectivity index (χ1) is 17.4. The van der Waals surface area contributed by atoms with E-state index in [1.807, 2.05) is 18.2 Å². The Balaban J connectivity index is 1.35. The molecule has 0 aliphatic carbocycles. The second-order valence-electron chi connectivity index (χ2n) is 8.39. The summed E-state index contributed by atoms with van der Waals surface area (Å²) in [7, 11) is 3.15. The zero-order valence-corrected chi connectivity index (χ0v) is 20.1. The van der Waals surface area contributed by atoms with Gasteiger partial charge in [0.25, 0.3) is 11.6 Å². The Hall–Kier alpha value is -4.41. The van der Waals surface area contributed by atoms with Gasteiger partial charge in [-0.2, -0.15) is 5.10 Å². The van der Waals surface area contributed by atoms with Crippen LogP contribution >= 0.6 is 0 Å². The first-order valence-electron chi connectivity index (χ1n) is 11.5. The molecule has 0 bridgehead atoms. The quantitative estimate of drug-likeness (QED) is 0.345. The van der Waals surface area contributed by atoms with Crippen LogP contribution in [0.3, 0.4) is 0 Å². The molecule has 2 heterocycles. The van der Waals surface area contributed by atoms with Gasteiger partial charge in [-0.1, -0.05) is 18.2 Å². The minimum absolute atomic E-state index is 0.0195. The Morgan fingerprint density at radius 3 is 2.53 bits per heavy atom. The maximum absolute atomic E-state index is 12.9. The van der Waals surface area contributed by atoms with E-state index in [1.54, 1.807) is 31.3 Å². The molecule has 0 unspecified atom stereocenters. The van der Waals surface area contributed by atoms with Crippen molar-refractivity contribution in [2.75, 3.05) is 27.3 Å². The zero-order chi connectivity index (χ0) is 25.7. The number of amides is 2. The molecule has 4 rings (SSSR count). The van der Waals surface area contributed by atoms with Gasteiger partial charge in [-0.3, -0.25) is 24.8 Å². The predicted molar refractivity (Wildman–Crippen MR) is 130 cm³/mol. The molecule has 11 heteroatoms. The number of carbonyl (C=O) groups is 2. The number of nitrogens with zero attached hydrogens (tertiary/aromatic N) is 3. The van der Waals surface area contributed by atoms with Crippen LogP contribution in [0.1, 0.15) is 32.9 Å². The van der Waals surface area contributed by atoms with Gasteiger partial charge in [-0.25, -0.2) is 0 Å². The number of ether oxygens (including phenoxy) is 2. The van der Waals surface area contributed by atoms with Gasteiger partial charge in [0.1, 0.15) is 0 Å². The van der Waals surface area contributed by atoms with Crippen molar-refractivity contribution in [2.45, 2.75) is 25.8 Å². The summed E-state index contributed by atoms with van der Waals surface area (Å²) in [6.45, 7) is 1.18. The van der Waals surface area contributed by atoms with Crippen LogP contribution in [0.25, 0.3) is 0 Å². The largest absolute Gasteiger partial charge is 0.493 e. The lowest BCUT2D eigenvalue weighted by Crippen LogP contribution is -2.37. The number of methoxy groups -OCH3 is 2. The molecule has 2 amide bonds. The molecule has 0 atom stereocenters. The standard InChI is InChI=1S/C25H27N5O6/c1-35-21-8-5-17(13-22(21)36-2)9-11-26-25(32)24-19-15-29(12-10-20(19)27-28-24)23(31)14-16-3-6-18(7-4-16)30(33)34/h3-8,13H,9-12,14-15H2,1-2H3,(H,26,32)(H,27,28). The third kappa shape index (κ3) is 5.45. The van der Waals surface area contributed by atoms with E-state index in [9.17, 15) is 19.7 Å². The number of nitrogens with one attached hydrogen (secondary N) is 2. The molecule has 1 aliphatic heterocycles. The lowest BCUT2D eigenvalue weighted by Gasteiger charge is -2.27. The van der Waals surface area contributed by atoms with Gasteiger partial charge in [-0.15, -0.1) is 0 Å². The maximum atomic E-state index is 12.9. The Morgan fingerprint density at radius 2 is 1.83 bits per heavy atom. The van der Waals surface area contributed by atoms with E-state index in [4.69, 9.17) is 9.47 Å². The summed E-state index contributed by atoms with van der Waals surface area (Å²) < 4.78 is 10.6. The molecule has 0 radical (unpaired) electrons. The lowest BCUT2D eigenvalue weighted by molar-refractivity contribution is -0.384. The summed E-state index contributed by atoms with van der Waals surface area (Å²) in [6.07, 6.45) is 1.28. The van der Waals surface area contributed by atoms with E-state index in [2.05, 4.69) is 15.5 Å². The minimum atomic E-state index is -0.475. The van der Waals surface area contributed by atoms with Crippen molar-refractivity contribution in [3.63, 3.8) is 0 Å². The molecule has 1 aliphatic rings. The van der Waals surface area contributed by atoms with E-state index >= 15 is 0 Å². The number of rotatable bonds is 9. The first-order valence-corrected chi connectivity index (χ1v) is 11.5. The van der Waals surface area contributed by atoms with Crippen molar-refractivity contribution >= 4 is 17.5 Å². The van der Waals surface area contributed by atoms with E-state index in [1.165, 1.54) is 12.1 Å². The highest BCUT2D eigenvalue weighted by Gasteiger charge is 2.27. The topological polar surface area (TPSA) is 140 Å². The lowest BCUT2D eigenvalue weighted by atomic mass is 10.0. The number of non-ortho nitro benzene ring substituents is 1. The average molecular weight is 494 g/mol. The van der Waals surface area contributed by atoms with Crippen LogP contribution in [-0.2, 0) is 30.6 Å². The van der Waals surface area contributed by atoms with Crippen LogP contribution in [0.2, 0.25) is 0 Å². The summed E-state index contributed by atoms with van der Waals surface area (Å²) >= 11 is 0. The second kappa shape index (κ2) is 10.9. The van der Waals surface area contributed by atoms with Crippen LogP contribution < -0.4 is 14.8 Å². The fraction of sp³-hybridized carbons (Fsp3) is 0.320. The molecule has 0 spiro atoms. The number of hydrogen-bond acceptors (Lipinski definition) is 7. The molecule has 0 saturated heterocycles. The fourth-order valence-corrected chi connectivity index (χ4v) is 4.16. The molecule has 3 aromatic rings. The van der Waals surface area contributed by atoms with Crippen molar-refractivity contribution in [1.29, 1.82) is 0 Å². The van der Waals surface area contributed by atoms with Gasteiger partial charge in [0.2, 0.25) is 5.91 Å². The Labute approximate surface area is 207 Å². The normalized spacial score (nSPS) is 12.6. The fourth-order valence-electron chi connectivity index (χ4n) is 4.16. The van der Waals surface area contributed by atoms with Gasteiger partial charge in [0, 0.05) is 49.4 Å². The summed E-state index contributed by atoms with van der Waals surface area (Å²) in [5.74, 6) is 0.843. The molecule has 0 saturated carbocycles. The molecule has 188 valence electrons. The van der Waals surface area contributed by atoms with Gasteiger partial charge < -0.3 is 19.7 Å².